The number of aromatic nitrogens is 1. The minimum atomic E-state index is -0.281. The SMILES string of the molecule is Fc1ccc(-c2cc3ccccc3c(Oc3ccc4c(c3)OCO4)n2)cc1. The van der Waals surface area contributed by atoms with Gasteiger partial charge in [0.25, 0.3) is 0 Å². The average molecular weight is 359 g/mol. The van der Waals surface area contributed by atoms with E-state index in [1.807, 2.05) is 42.5 Å². The summed E-state index contributed by atoms with van der Waals surface area (Å²) in [6.07, 6.45) is 0. The lowest BCUT2D eigenvalue weighted by atomic mass is 10.1. The number of rotatable bonds is 3. The third-order valence-electron chi connectivity index (χ3n) is 4.40. The van der Waals surface area contributed by atoms with E-state index < -0.39 is 0 Å². The third kappa shape index (κ3) is 2.93. The first-order chi connectivity index (χ1) is 13.3. The molecule has 0 spiro atoms. The maximum absolute atomic E-state index is 13.3. The molecule has 27 heavy (non-hydrogen) atoms. The Kier molecular flexibility index (Phi) is 3.64. The summed E-state index contributed by atoms with van der Waals surface area (Å²) in [7, 11) is 0. The summed E-state index contributed by atoms with van der Waals surface area (Å²) in [6, 6.07) is 21.5. The van der Waals surface area contributed by atoms with Gasteiger partial charge in [0.15, 0.2) is 11.5 Å². The van der Waals surface area contributed by atoms with Gasteiger partial charge < -0.3 is 14.2 Å². The van der Waals surface area contributed by atoms with E-state index in [1.54, 1.807) is 18.2 Å². The van der Waals surface area contributed by atoms with Crippen LogP contribution in [0.25, 0.3) is 22.0 Å². The fourth-order valence-corrected chi connectivity index (χ4v) is 3.07. The Bertz CT molecular complexity index is 1140. The van der Waals surface area contributed by atoms with Gasteiger partial charge >= 0.3 is 0 Å². The molecule has 3 aromatic carbocycles. The minimum Gasteiger partial charge on any atom is -0.454 e. The molecule has 4 aromatic rings. The highest BCUT2D eigenvalue weighted by atomic mass is 19.1. The fourth-order valence-electron chi connectivity index (χ4n) is 3.07. The molecule has 0 fully saturated rings. The molecule has 0 aliphatic carbocycles. The maximum atomic E-state index is 13.3. The molecule has 0 radical (unpaired) electrons. The molecular formula is C22H14FNO3. The van der Waals surface area contributed by atoms with Gasteiger partial charge in [0.05, 0.1) is 5.69 Å². The molecule has 4 nitrogen and oxygen atoms in total. The summed E-state index contributed by atoms with van der Waals surface area (Å²) in [5.74, 6) is 2.14. The van der Waals surface area contributed by atoms with Crippen molar-refractivity contribution in [1.82, 2.24) is 4.98 Å². The van der Waals surface area contributed by atoms with E-state index in [2.05, 4.69) is 4.98 Å². The van der Waals surface area contributed by atoms with Crippen LogP contribution in [0.15, 0.2) is 72.8 Å². The standard InChI is InChI=1S/C22H14FNO3/c23-16-7-5-14(6-8-16)19-11-15-3-1-2-4-18(15)22(24-19)27-17-9-10-20-21(12-17)26-13-25-20/h1-12H,13H2. The first-order valence-corrected chi connectivity index (χ1v) is 8.49. The van der Waals surface area contributed by atoms with Crippen LogP contribution in [0.3, 0.4) is 0 Å². The van der Waals surface area contributed by atoms with Gasteiger partial charge in [-0.25, -0.2) is 9.37 Å². The second-order valence-corrected chi connectivity index (χ2v) is 6.16. The quantitative estimate of drug-likeness (QED) is 0.480. The van der Waals surface area contributed by atoms with Crippen molar-refractivity contribution in [3.05, 3.63) is 78.6 Å². The highest BCUT2D eigenvalue weighted by molar-refractivity contribution is 5.90. The summed E-state index contributed by atoms with van der Waals surface area (Å²) < 4.78 is 30.1. The van der Waals surface area contributed by atoms with Crippen LogP contribution in [0, 0.1) is 5.82 Å². The molecule has 5 rings (SSSR count). The number of halogens is 1. The molecule has 1 aliphatic heterocycles. The van der Waals surface area contributed by atoms with Crippen molar-refractivity contribution in [2.45, 2.75) is 0 Å². The first-order valence-electron chi connectivity index (χ1n) is 8.49. The van der Waals surface area contributed by atoms with Gasteiger partial charge in [-0.1, -0.05) is 18.2 Å². The van der Waals surface area contributed by atoms with Crippen LogP contribution in [-0.2, 0) is 0 Å². The molecule has 5 heteroatoms. The topological polar surface area (TPSA) is 40.6 Å². The Balaban J connectivity index is 1.60. The molecule has 1 aromatic heterocycles. The highest BCUT2D eigenvalue weighted by Crippen LogP contribution is 2.38. The van der Waals surface area contributed by atoms with Gasteiger partial charge in [0, 0.05) is 17.0 Å². The van der Waals surface area contributed by atoms with Gasteiger partial charge in [0.2, 0.25) is 12.7 Å². The van der Waals surface area contributed by atoms with Crippen LogP contribution in [0.4, 0.5) is 4.39 Å². The largest absolute Gasteiger partial charge is 0.454 e. The molecule has 0 bridgehead atoms. The summed E-state index contributed by atoms with van der Waals surface area (Å²) in [6.45, 7) is 0.208. The number of nitrogens with zero attached hydrogens (tertiary/aromatic N) is 1. The van der Waals surface area contributed by atoms with Crippen LogP contribution < -0.4 is 14.2 Å². The molecule has 0 atom stereocenters. The molecule has 0 saturated carbocycles. The molecule has 132 valence electrons. The lowest BCUT2D eigenvalue weighted by molar-refractivity contribution is 0.174. The van der Waals surface area contributed by atoms with E-state index in [0.717, 1.165) is 16.3 Å². The predicted octanol–water partition coefficient (Wildman–Crippen LogP) is 5.56. The Morgan fingerprint density at radius 3 is 2.56 bits per heavy atom. The van der Waals surface area contributed by atoms with Crippen molar-refractivity contribution in [1.29, 1.82) is 0 Å². The van der Waals surface area contributed by atoms with E-state index in [1.165, 1.54) is 12.1 Å². The molecule has 2 heterocycles. The molecule has 0 unspecified atom stereocenters. The fraction of sp³-hybridized carbons (Fsp3) is 0.0455. The zero-order valence-electron chi connectivity index (χ0n) is 14.2. The van der Waals surface area contributed by atoms with Gasteiger partial charge in [-0.3, -0.25) is 0 Å². The Labute approximate surface area is 154 Å². The number of fused-ring (bicyclic) bond motifs is 2. The van der Waals surface area contributed by atoms with E-state index in [4.69, 9.17) is 14.2 Å². The van der Waals surface area contributed by atoms with E-state index in [0.29, 0.717) is 28.8 Å². The van der Waals surface area contributed by atoms with Gasteiger partial charge in [-0.2, -0.15) is 0 Å². The van der Waals surface area contributed by atoms with Crippen LogP contribution in [-0.4, -0.2) is 11.8 Å². The van der Waals surface area contributed by atoms with Crippen LogP contribution >= 0.6 is 0 Å². The van der Waals surface area contributed by atoms with E-state index in [9.17, 15) is 4.39 Å². The second kappa shape index (κ2) is 6.29. The number of ether oxygens (including phenoxy) is 3. The van der Waals surface area contributed by atoms with Gasteiger partial charge in [-0.15, -0.1) is 0 Å². The Hall–Kier alpha value is -3.60. The molecule has 0 amide bonds. The molecule has 1 aliphatic rings. The zero-order chi connectivity index (χ0) is 18.2. The monoisotopic (exact) mass is 359 g/mol. The smallest absolute Gasteiger partial charge is 0.231 e. The lowest BCUT2D eigenvalue weighted by Crippen LogP contribution is -1.93. The van der Waals surface area contributed by atoms with E-state index >= 15 is 0 Å². The number of hydrogen-bond donors (Lipinski definition) is 0. The van der Waals surface area contributed by atoms with Crippen molar-refractivity contribution in [3.8, 4) is 34.4 Å². The zero-order valence-corrected chi connectivity index (χ0v) is 14.2. The number of benzene rings is 3. The first kappa shape index (κ1) is 15.6. The summed E-state index contributed by atoms with van der Waals surface area (Å²) in [5.41, 5.74) is 1.53. The maximum Gasteiger partial charge on any atom is 0.231 e. The van der Waals surface area contributed by atoms with Crippen LogP contribution in [0.2, 0.25) is 0 Å². The summed E-state index contributed by atoms with van der Waals surface area (Å²) in [5, 5.41) is 1.88. The third-order valence-corrected chi connectivity index (χ3v) is 4.40. The minimum absolute atomic E-state index is 0.208. The van der Waals surface area contributed by atoms with Crippen molar-refractivity contribution in [2.75, 3.05) is 6.79 Å². The van der Waals surface area contributed by atoms with Gasteiger partial charge in [0.1, 0.15) is 11.6 Å². The van der Waals surface area contributed by atoms with Gasteiger partial charge in [-0.05, 0) is 53.9 Å². The van der Waals surface area contributed by atoms with Crippen molar-refractivity contribution >= 4 is 10.8 Å². The molecule has 0 N–H and O–H groups in total. The summed E-state index contributed by atoms with van der Waals surface area (Å²) in [4.78, 5) is 4.67. The number of pyridine rings is 1. The number of hydrogen-bond acceptors (Lipinski definition) is 4. The average Bonchev–Trinajstić information content (AvgIpc) is 3.16. The predicted molar refractivity (Wildman–Crippen MR) is 99.8 cm³/mol. The Morgan fingerprint density at radius 2 is 1.67 bits per heavy atom. The normalized spacial score (nSPS) is 12.3. The van der Waals surface area contributed by atoms with Crippen LogP contribution in [0.1, 0.15) is 0 Å². The Morgan fingerprint density at radius 1 is 0.852 bits per heavy atom. The van der Waals surface area contributed by atoms with E-state index in [-0.39, 0.29) is 12.6 Å². The second-order valence-electron chi connectivity index (χ2n) is 6.16. The molecular weight excluding hydrogens is 345 g/mol. The van der Waals surface area contributed by atoms with Crippen LogP contribution in [0.5, 0.6) is 23.1 Å². The molecule has 0 saturated heterocycles. The van der Waals surface area contributed by atoms with Crippen molar-refractivity contribution in [2.24, 2.45) is 0 Å². The summed E-state index contributed by atoms with van der Waals surface area (Å²) >= 11 is 0. The van der Waals surface area contributed by atoms with Crippen molar-refractivity contribution in [3.63, 3.8) is 0 Å². The lowest BCUT2D eigenvalue weighted by Gasteiger charge is -2.11. The van der Waals surface area contributed by atoms with Crippen molar-refractivity contribution < 1.29 is 18.6 Å². The highest BCUT2D eigenvalue weighted by Gasteiger charge is 2.15.